The molecular weight excluding hydrogens is 316 g/mol. The van der Waals surface area contributed by atoms with Crippen molar-refractivity contribution in [1.29, 1.82) is 0 Å². The molecule has 0 aliphatic carbocycles. The van der Waals surface area contributed by atoms with E-state index in [1.54, 1.807) is 0 Å². The third kappa shape index (κ3) is 3.59. The molecule has 0 spiro atoms. The Bertz CT molecular complexity index is 397. The second-order valence-corrected chi connectivity index (χ2v) is 5.89. The lowest BCUT2D eigenvalue weighted by molar-refractivity contribution is 0.0685. The molecule has 0 N–H and O–H groups in total. The fourth-order valence-electron chi connectivity index (χ4n) is 2.32. The van der Waals surface area contributed by atoms with Gasteiger partial charge in [-0.1, -0.05) is 0 Å². The number of anilines is 1. The van der Waals surface area contributed by atoms with Gasteiger partial charge in [-0.3, -0.25) is 0 Å². The number of pyridine rings is 1. The summed E-state index contributed by atoms with van der Waals surface area (Å²) in [6.07, 6.45) is 4.10. The van der Waals surface area contributed by atoms with Crippen LogP contribution in [0.3, 0.4) is 0 Å². The van der Waals surface area contributed by atoms with Gasteiger partial charge < -0.3 is 9.64 Å². The smallest absolute Gasteiger partial charge is 0.132 e. The summed E-state index contributed by atoms with van der Waals surface area (Å²) in [6.45, 7) is 2.78. The fraction of sp³-hybridized carbons (Fsp3) is 0.615. The Morgan fingerprint density at radius 3 is 2.89 bits per heavy atom. The average Bonchev–Trinajstić information content (AvgIpc) is 2.39. The molecule has 0 bridgehead atoms. The maximum Gasteiger partial charge on any atom is 0.132 e. The van der Waals surface area contributed by atoms with Crippen molar-refractivity contribution in [2.45, 2.75) is 18.7 Å². The van der Waals surface area contributed by atoms with Crippen LogP contribution < -0.4 is 4.90 Å². The van der Waals surface area contributed by atoms with E-state index in [2.05, 4.69) is 32.9 Å². The highest BCUT2D eigenvalue weighted by Crippen LogP contribution is 2.24. The second-order valence-electron chi connectivity index (χ2n) is 4.71. The largest absolute Gasteiger partial charge is 0.381 e. The molecule has 0 amide bonds. The van der Waals surface area contributed by atoms with Gasteiger partial charge >= 0.3 is 0 Å². The monoisotopic (exact) mass is 332 g/mol. The third-order valence-electron chi connectivity index (χ3n) is 3.29. The van der Waals surface area contributed by atoms with E-state index in [0.29, 0.717) is 11.8 Å². The molecule has 2 rings (SSSR count). The molecule has 0 radical (unpaired) electrons. The molecule has 0 unspecified atom stereocenters. The zero-order valence-electron chi connectivity index (χ0n) is 10.5. The maximum absolute atomic E-state index is 5.98. The molecule has 3 nitrogen and oxygen atoms in total. The van der Waals surface area contributed by atoms with Crippen molar-refractivity contribution < 1.29 is 4.74 Å². The standard InChI is InChI=1S/C13H18BrClN2O/c1-17(9-10-2-4-18-5-3-10)13-11(7-15)6-12(14)8-16-13/h6,8,10H,2-5,7,9H2,1H3. The van der Waals surface area contributed by atoms with Crippen molar-refractivity contribution in [2.24, 2.45) is 5.92 Å². The van der Waals surface area contributed by atoms with Gasteiger partial charge in [0, 0.05) is 43.0 Å². The molecule has 1 aromatic heterocycles. The highest BCUT2D eigenvalue weighted by molar-refractivity contribution is 9.10. The van der Waals surface area contributed by atoms with Crippen LogP contribution in [0.15, 0.2) is 16.7 Å². The predicted molar refractivity (Wildman–Crippen MR) is 78.3 cm³/mol. The summed E-state index contributed by atoms with van der Waals surface area (Å²) in [5.74, 6) is 2.16. The molecular formula is C13H18BrClN2O. The van der Waals surface area contributed by atoms with E-state index in [1.807, 2.05) is 12.3 Å². The lowest BCUT2D eigenvalue weighted by atomic mass is 10.00. The molecule has 1 aliphatic rings. The van der Waals surface area contributed by atoms with E-state index in [4.69, 9.17) is 16.3 Å². The highest BCUT2D eigenvalue weighted by Gasteiger charge is 2.18. The van der Waals surface area contributed by atoms with Crippen LogP contribution in [0.1, 0.15) is 18.4 Å². The first-order valence-corrected chi connectivity index (χ1v) is 7.52. The number of alkyl halides is 1. The van der Waals surface area contributed by atoms with Gasteiger partial charge in [-0.2, -0.15) is 0 Å². The normalized spacial score (nSPS) is 16.8. The molecule has 2 heterocycles. The van der Waals surface area contributed by atoms with Crippen LogP contribution in [0.2, 0.25) is 0 Å². The van der Waals surface area contributed by atoms with Crippen molar-refractivity contribution in [3.8, 4) is 0 Å². The average molecular weight is 334 g/mol. The molecule has 18 heavy (non-hydrogen) atoms. The van der Waals surface area contributed by atoms with Crippen LogP contribution >= 0.6 is 27.5 Å². The fourth-order valence-corrected chi connectivity index (χ4v) is 2.89. The number of rotatable bonds is 4. The number of nitrogens with zero attached hydrogens (tertiary/aromatic N) is 2. The first-order valence-electron chi connectivity index (χ1n) is 6.20. The van der Waals surface area contributed by atoms with Crippen molar-refractivity contribution in [3.63, 3.8) is 0 Å². The van der Waals surface area contributed by atoms with Crippen LogP contribution in [-0.2, 0) is 10.6 Å². The van der Waals surface area contributed by atoms with Gasteiger partial charge in [-0.25, -0.2) is 4.98 Å². The zero-order chi connectivity index (χ0) is 13.0. The van der Waals surface area contributed by atoms with Gasteiger partial charge in [0.1, 0.15) is 5.82 Å². The molecule has 1 aromatic rings. The Balaban J connectivity index is 2.05. The summed E-state index contributed by atoms with van der Waals surface area (Å²) in [4.78, 5) is 6.69. The lowest BCUT2D eigenvalue weighted by Gasteiger charge is -2.28. The quantitative estimate of drug-likeness (QED) is 0.789. The predicted octanol–water partition coefficient (Wildman–Crippen LogP) is 3.45. The first-order chi connectivity index (χ1) is 8.70. The summed E-state index contributed by atoms with van der Waals surface area (Å²) in [5, 5.41) is 0. The molecule has 1 saturated heterocycles. The Kier molecular flexibility index (Phi) is 5.27. The van der Waals surface area contributed by atoms with Crippen LogP contribution in [0.5, 0.6) is 0 Å². The summed E-state index contributed by atoms with van der Waals surface area (Å²) in [7, 11) is 2.09. The summed E-state index contributed by atoms with van der Waals surface area (Å²) in [6, 6.07) is 2.04. The maximum atomic E-state index is 5.98. The number of aromatic nitrogens is 1. The Hall–Kier alpha value is -0.320. The van der Waals surface area contributed by atoms with E-state index in [-0.39, 0.29) is 0 Å². The Morgan fingerprint density at radius 2 is 2.22 bits per heavy atom. The van der Waals surface area contributed by atoms with Crippen LogP contribution in [0.25, 0.3) is 0 Å². The van der Waals surface area contributed by atoms with E-state index < -0.39 is 0 Å². The van der Waals surface area contributed by atoms with Gasteiger partial charge in [-0.05, 0) is 40.8 Å². The molecule has 1 aliphatic heterocycles. The molecule has 5 heteroatoms. The third-order valence-corrected chi connectivity index (χ3v) is 4.01. The molecule has 1 fully saturated rings. The molecule has 100 valence electrons. The van der Waals surface area contributed by atoms with E-state index in [1.165, 1.54) is 0 Å². The van der Waals surface area contributed by atoms with Gasteiger partial charge in [0.05, 0.1) is 5.88 Å². The van der Waals surface area contributed by atoms with Crippen LogP contribution in [-0.4, -0.2) is 31.8 Å². The highest BCUT2D eigenvalue weighted by atomic mass is 79.9. The van der Waals surface area contributed by atoms with E-state index >= 15 is 0 Å². The number of hydrogen-bond acceptors (Lipinski definition) is 3. The summed E-state index contributed by atoms with van der Waals surface area (Å²) >= 11 is 9.41. The molecule has 0 saturated carbocycles. The molecule has 0 aromatic carbocycles. The Morgan fingerprint density at radius 1 is 1.50 bits per heavy atom. The van der Waals surface area contributed by atoms with Crippen molar-refractivity contribution in [2.75, 3.05) is 31.7 Å². The topological polar surface area (TPSA) is 25.4 Å². The van der Waals surface area contributed by atoms with Gasteiger partial charge in [0.2, 0.25) is 0 Å². The van der Waals surface area contributed by atoms with Gasteiger partial charge in [0.25, 0.3) is 0 Å². The lowest BCUT2D eigenvalue weighted by Crippen LogP contribution is -2.30. The van der Waals surface area contributed by atoms with Gasteiger partial charge in [0.15, 0.2) is 0 Å². The Labute approximate surface area is 122 Å². The minimum atomic E-state index is 0.486. The summed E-state index contributed by atoms with van der Waals surface area (Å²) in [5.41, 5.74) is 1.07. The van der Waals surface area contributed by atoms with Crippen molar-refractivity contribution in [1.82, 2.24) is 4.98 Å². The zero-order valence-corrected chi connectivity index (χ0v) is 12.9. The SMILES string of the molecule is CN(CC1CCOCC1)c1ncc(Br)cc1CCl. The van der Waals surface area contributed by atoms with E-state index in [0.717, 1.165) is 48.5 Å². The number of ether oxygens (including phenoxy) is 1. The van der Waals surface area contributed by atoms with Crippen LogP contribution in [0, 0.1) is 5.92 Å². The number of hydrogen-bond donors (Lipinski definition) is 0. The summed E-state index contributed by atoms with van der Waals surface area (Å²) < 4.78 is 6.36. The van der Waals surface area contributed by atoms with Crippen LogP contribution in [0.4, 0.5) is 5.82 Å². The second kappa shape index (κ2) is 6.73. The van der Waals surface area contributed by atoms with Gasteiger partial charge in [-0.15, -0.1) is 11.6 Å². The van der Waals surface area contributed by atoms with E-state index in [9.17, 15) is 0 Å². The minimum Gasteiger partial charge on any atom is -0.381 e. The number of halogens is 2. The molecule has 0 atom stereocenters. The first kappa shape index (κ1) is 14.1. The van der Waals surface area contributed by atoms with Crippen molar-refractivity contribution >= 4 is 33.3 Å². The van der Waals surface area contributed by atoms with Crippen molar-refractivity contribution in [3.05, 3.63) is 22.3 Å². The minimum absolute atomic E-state index is 0.486.